The summed E-state index contributed by atoms with van der Waals surface area (Å²) >= 11 is 0. The number of rotatable bonds is 3. The number of pyridine rings is 1. The summed E-state index contributed by atoms with van der Waals surface area (Å²) in [6, 6.07) is 4.21. The average molecular weight is 205 g/mol. The van der Waals surface area contributed by atoms with Crippen molar-refractivity contribution in [3.63, 3.8) is 0 Å². The molecule has 1 N–H and O–H groups in total. The molecule has 2 heterocycles. The maximum Gasteiger partial charge on any atom is 0.0405 e. The van der Waals surface area contributed by atoms with E-state index in [1.807, 2.05) is 12.3 Å². The number of nitrogens with zero attached hydrogens (tertiary/aromatic N) is 2. The predicted molar refractivity (Wildman–Crippen MR) is 62.0 cm³/mol. The van der Waals surface area contributed by atoms with Crippen molar-refractivity contribution in [2.24, 2.45) is 0 Å². The molecule has 0 unspecified atom stereocenters. The van der Waals surface area contributed by atoms with Crippen LogP contribution in [-0.2, 0) is 6.42 Å². The molecular formula is C12H19N3. The maximum absolute atomic E-state index is 4.31. The molecule has 0 saturated carbocycles. The molecule has 1 aromatic heterocycles. The molecule has 82 valence electrons. The van der Waals surface area contributed by atoms with Crippen LogP contribution in [0, 0.1) is 6.92 Å². The quantitative estimate of drug-likeness (QED) is 0.792. The van der Waals surface area contributed by atoms with E-state index >= 15 is 0 Å². The minimum atomic E-state index is 1.12. The lowest BCUT2D eigenvalue weighted by molar-refractivity contribution is 0.243. The van der Waals surface area contributed by atoms with Crippen LogP contribution >= 0.6 is 0 Å². The minimum absolute atomic E-state index is 1.12. The van der Waals surface area contributed by atoms with Gasteiger partial charge in [0.05, 0.1) is 0 Å². The molecule has 0 spiro atoms. The topological polar surface area (TPSA) is 28.2 Å². The summed E-state index contributed by atoms with van der Waals surface area (Å²) in [6.45, 7) is 7.87. The standard InChI is InChI=1S/C12H19N3/c1-11-12(3-2-5-14-11)4-8-15-9-6-13-7-10-15/h2-3,5,13H,4,6-10H2,1H3. The fraction of sp³-hybridized carbons (Fsp3) is 0.583. The van der Waals surface area contributed by atoms with Crippen LogP contribution in [0.4, 0.5) is 0 Å². The summed E-state index contributed by atoms with van der Waals surface area (Å²) in [7, 11) is 0. The summed E-state index contributed by atoms with van der Waals surface area (Å²) in [5.41, 5.74) is 2.56. The second kappa shape index (κ2) is 5.24. The molecule has 3 heteroatoms. The molecule has 1 aliphatic heterocycles. The molecule has 1 aromatic rings. The van der Waals surface area contributed by atoms with E-state index in [1.165, 1.54) is 24.3 Å². The van der Waals surface area contributed by atoms with Gasteiger partial charge in [-0.15, -0.1) is 0 Å². The third-order valence-electron chi connectivity index (χ3n) is 3.02. The summed E-state index contributed by atoms with van der Waals surface area (Å²) < 4.78 is 0. The van der Waals surface area contributed by atoms with Crippen molar-refractivity contribution >= 4 is 0 Å². The molecule has 1 saturated heterocycles. The first-order chi connectivity index (χ1) is 7.36. The number of aromatic nitrogens is 1. The first-order valence-electron chi connectivity index (χ1n) is 5.70. The van der Waals surface area contributed by atoms with Gasteiger partial charge in [-0.05, 0) is 25.0 Å². The van der Waals surface area contributed by atoms with Crippen LogP contribution in [0.1, 0.15) is 11.3 Å². The Morgan fingerprint density at radius 1 is 1.40 bits per heavy atom. The highest BCUT2D eigenvalue weighted by Gasteiger charge is 2.09. The smallest absolute Gasteiger partial charge is 0.0405 e. The average Bonchev–Trinajstić information content (AvgIpc) is 2.29. The molecule has 1 fully saturated rings. The van der Waals surface area contributed by atoms with Gasteiger partial charge in [-0.1, -0.05) is 6.07 Å². The van der Waals surface area contributed by atoms with Crippen LogP contribution in [0.25, 0.3) is 0 Å². The fourth-order valence-corrected chi connectivity index (χ4v) is 2.00. The van der Waals surface area contributed by atoms with Crippen LogP contribution in [0.15, 0.2) is 18.3 Å². The van der Waals surface area contributed by atoms with Gasteiger partial charge in [0.25, 0.3) is 0 Å². The Hall–Kier alpha value is -0.930. The van der Waals surface area contributed by atoms with E-state index in [4.69, 9.17) is 0 Å². The molecule has 1 aliphatic rings. The zero-order chi connectivity index (χ0) is 10.5. The molecule has 15 heavy (non-hydrogen) atoms. The first kappa shape index (κ1) is 10.6. The van der Waals surface area contributed by atoms with E-state index in [9.17, 15) is 0 Å². The van der Waals surface area contributed by atoms with Gasteiger partial charge < -0.3 is 10.2 Å². The van der Waals surface area contributed by atoms with Crippen LogP contribution in [-0.4, -0.2) is 42.6 Å². The van der Waals surface area contributed by atoms with Gasteiger partial charge in [0, 0.05) is 44.6 Å². The Morgan fingerprint density at radius 2 is 2.20 bits per heavy atom. The second-order valence-electron chi connectivity index (χ2n) is 4.09. The second-order valence-corrected chi connectivity index (χ2v) is 4.09. The minimum Gasteiger partial charge on any atom is -0.314 e. The van der Waals surface area contributed by atoms with Gasteiger partial charge >= 0.3 is 0 Å². The molecule has 3 nitrogen and oxygen atoms in total. The van der Waals surface area contributed by atoms with Gasteiger partial charge in [-0.25, -0.2) is 0 Å². The van der Waals surface area contributed by atoms with Crippen molar-refractivity contribution in [3.05, 3.63) is 29.6 Å². The normalized spacial score (nSPS) is 17.9. The summed E-state index contributed by atoms with van der Waals surface area (Å²) in [5.74, 6) is 0. The Labute approximate surface area is 91.5 Å². The van der Waals surface area contributed by atoms with E-state index in [1.54, 1.807) is 0 Å². The molecule has 2 rings (SSSR count). The highest BCUT2D eigenvalue weighted by Crippen LogP contribution is 2.05. The lowest BCUT2D eigenvalue weighted by atomic mass is 10.1. The molecule has 0 atom stereocenters. The Balaban J connectivity index is 1.84. The number of piperazine rings is 1. The summed E-state index contributed by atoms with van der Waals surface area (Å²) in [5, 5.41) is 3.37. The first-order valence-corrected chi connectivity index (χ1v) is 5.70. The van der Waals surface area contributed by atoms with Gasteiger partial charge in [0.15, 0.2) is 0 Å². The summed E-state index contributed by atoms with van der Waals surface area (Å²) in [6.07, 6.45) is 2.99. The zero-order valence-corrected chi connectivity index (χ0v) is 9.37. The molecule has 0 aliphatic carbocycles. The zero-order valence-electron chi connectivity index (χ0n) is 9.37. The van der Waals surface area contributed by atoms with Crippen LogP contribution in [0.2, 0.25) is 0 Å². The van der Waals surface area contributed by atoms with Crippen molar-refractivity contribution in [2.45, 2.75) is 13.3 Å². The maximum atomic E-state index is 4.31. The molecular weight excluding hydrogens is 186 g/mol. The van der Waals surface area contributed by atoms with E-state index < -0.39 is 0 Å². The third-order valence-corrected chi connectivity index (χ3v) is 3.02. The van der Waals surface area contributed by atoms with Gasteiger partial charge in [-0.2, -0.15) is 0 Å². The van der Waals surface area contributed by atoms with Gasteiger partial charge in [0.2, 0.25) is 0 Å². The molecule has 0 radical (unpaired) electrons. The van der Waals surface area contributed by atoms with Crippen molar-refractivity contribution in [1.82, 2.24) is 15.2 Å². The predicted octanol–water partition coefficient (Wildman–Crippen LogP) is 0.838. The van der Waals surface area contributed by atoms with E-state index in [-0.39, 0.29) is 0 Å². The lowest BCUT2D eigenvalue weighted by Gasteiger charge is -2.27. The van der Waals surface area contributed by atoms with E-state index in [0.717, 1.165) is 26.1 Å². The van der Waals surface area contributed by atoms with Crippen LogP contribution < -0.4 is 5.32 Å². The van der Waals surface area contributed by atoms with Crippen molar-refractivity contribution in [1.29, 1.82) is 0 Å². The van der Waals surface area contributed by atoms with Crippen molar-refractivity contribution in [2.75, 3.05) is 32.7 Å². The summed E-state index contributed by atoms with van der Waals surface area (Å²) in [4.78, 5) is 6.83. The fourth-order valence-electron chi connectivity index (χ4n) is 2.00. The van der Waals surface area contributed by atoms with Gasteiger partial charge in [-0.3, -0.25) is 4.98 Å². The monoisotopic (exact) mass is 205 g/mol. The number of nitrogens with one attached hydrogen (secondary N) is 1. The Morgan fingerprint density at radius 3 is 2.93 bits per heavy atom. The lowest BCUT2D eigenvalue weighted by Crippen LogP contribution is -2.44. The van der Waals surface area contributed by atoms with E-state index in [2.05, 4.69) is 28.2 Å². The third kappa shape index (κ3) is 3.01. The van der Waals surface area contributed by atoms with Crippen molar-refractivity contribution in [3.8, 4) is 0 Å². The highest BCUT2D eigenvalue weighted by molar-refractivity contribution is 5.18. The van der Waals surface area contributed by atoms with Crippen LogP contribution in [0.5, 0.6) is 0 Å². The van der Waals surface area contributed by atoms with E-state index in [0.29, 0.717) is 0 Å². The Bertz CT molecular complexity index is 305. The molecule has 0 amide bonds. The number of hydrogen-bond acceptors (Lipinski definition) is 3. The van der Waals surface area contributed by atoms with Gasteiger partial charge in [0.1, 0.15) is 0 Å². The number of hydrogen-bond donors (Lipinski definition) is 1. The largest absolute Gasteiger partial charge is 0.314 e. The highest BCUT2D eigenvalue weighted by atomic mass is 15.2. The van der Waals surface area contributed by atoms with Crippen molar-refractivity contribution < 1.29 is 0 Å². The molecule has 0 bridgehead atoms. The Kier molecular flexibility index (Phi) is 3.69. The molecule has 0 aromatic carbocycles. The SMILES string of the molecule is Cc1ncccc1CCN1CCNCC1. The van der Waals surface area contributed by atoms with Crippen LogP contribution in [0.3, 0.4) is 0 Å². The number of aryl methyl sites for hydroxylation is 1.